The number of esters is 2. The summed E-state index contributed by atoms with van der Waals surface area (Å²) in [4.78, 5) is 38.4. The third kappa shape index (κ3) is 52.4. The van der Waals surface area contributed by atoms with Gasteiger partial charge >= 0.3 is 11.9 Å². The van der Waals surface area contributed by atoms with E-state index in [4.69, 9.17) is 28.4 Å². The minimum absolute atomic E-state index is 0.0277. The second-order valence-corrected chi connectivity index (χ2v) is 38.3. The number of fused-ring (bicyclic) bond motifs is 8. The average molecular weight is 1750 g/mol. The summed E-state index contributed by atoms with van der Waals surface area (Å²) in [6.45, 7) is 16.0. The second kappa shape index (κ2) is 76.0. The van der Waals surface area contributed by atoms with Crippen molar-refractivity contribution < 1.29 is 53.0 Å². The normalized spacial score (nSPS) is 12.0. The van der Waals surface area contributed by atoms with Crippen molar-refractivity contribution in [2.75, 3.05) is 52.9 Å². The summed E-state index contributed by atoms with van der Waals surface area (Å²) < 4.78 is 39.8. The fraction of sp³-hybridized carbons (Fsp3) is 0.748. The number of aliphatic hydroxyl groups excluding tert-OH is 2. The lowest BCUT2D eigenvalue weighted by Gasteiger charge is -2.25. The summed E-state index contributed by atoms with van der Waals surface area (Å²) in [5.74, 6) is 0.963. The van der Waals surface area contributed by atoms with Crippen molar-refractivity contribution in [1.82, 2.24) is 0 Å². The quantitative estimate of drug-likeness (QED) is 0.0166. The number of carbonyl (C=O) groups is 3. The molecule has 5 rings (SSSR count). The molecule has 11 heteroatoms. The number of benzene rings is 4. The Balaban J connectivity index is 1.63. The molecule has 0 aliphatic heterocycles. The van der Waals surface area contributed by atoms with E-state index in [1.165, 1.54) is 389 Å². The highest BCUT2D eigenvalue weighted by Gasteiger charge is 2.26. The van der Waals surface area contributed by atoms with Crippen molar-refractivity contribution in [3.8, 4) is 23.0 Å². The van der Waals surface area contributed by atoms with Gasteiger partial charge in [0.1, 0.15) is 62.6 Å². The third-order valence-corrected chi connectivity index (χ3v) is 26.4. The van der Waals surface area contributed by atoms with Gasteiger partial charge in [-0.15, -0.1) is 0 Å². The molecule has 2 N–H and O–H groups in total. The van der Waals surface area contributed by atoms with Gasteiger partial charge in [0.05, 0.1) is 13.2 Å². The van der Waals surface area contributed by atoms with Crippen LogP contribution in [0.4, 0.5) is 0 Å². The lowest BCUT2D eigenvalue weighted by atomic mass is 9.86. The molecule has 1 aliphatic rings. The molecule has 0 unspecified atom stereocenters. The Hall–Kier alpha value is -5.65. The molecule has 0 fully saturated rings. The van der Waals surface area contributed by atoms with Crippen molar-refractivity contribution in [2.45, 2.75) is 504 Å². The number of hydrogen-bond donors (Lipinski definition) is 2. The van der Waals surface area contributed by atoms with Crippen LogP contribution >= 0.6 is 0 Å². The molecule has 0 atom stereocenters. The average Bonchev–Trinajstić information content (AvgIpc) is 0.772. The molecule has 0 amide bonds. The first kappa shape index (κ1) is 111. The van der Waals surface area contributed by atoms with Gasteiger partial charge < -0.3 is 38.6 Å². The van der Waals surface area contributed by atoms with Gasteiger partial charge in [0.15, 0.2) is 0 Å². The van der Waals surface area contributed by atoms with E-state index >= 15 is 0 Å². The molecule has 716 valence electrons. The van der Waals surface area contributed by atoms with Crippen LogP contribution in [0.25, 0.3) is 0 Å². The minimum Gasteiger partial charge on any atom is -0.491 e. The van der Waals surface area contributed by atoms with E-state index in [0.717, 1.165) is 139 Å². The minimum atomic E-state index is -0.884. The van der Waals surface area contributed by atoms with E-state index < -0.39 is 17.7 Å². The molecule has 4 aromatic carbocycles. The van der Waals surface area contributed by atoms with Crippen molar-refractivity contribution in [3.05, 3.63) is 127 Å². The van der Waals surface area contributed by atoms with Crippen LogP contribution in [0.5, 0.6) is 23.0 Å². The van der Waals surface area contributed by atoms with Crippen LogP contribution in [0.1, 0.15) is 519 Å². The number of ether oxygens (including phenoxy) is 6. The highest BCUT2D eigenvalue weighted by atomic mass is 16.6. The maximum absolute atomic E-state index is 13.1. The van der Waals surface area contributed by atoms with E-state index in [1.807, 2.05) is 0 Å². The van der Waals surface area contributed by atoms with Gasteiger partial charge in [0, 0.05) is 38.2 Å². The van der Waals surface area contributed by atoms with E-state index in [1.54, 1.807) is 6.92 Å². The topological polar surface area (TPSA) is 147 Å². The molecular formula is C115H190O11. The van der Waals surface area contributed by atoms with Gasteiger partial charge in [-0.1, -0.05) is 468 Å². The predicted molar refractivity (Wildman–Crippen MR) is 534 cm³/mol. The van der Waals surface area contributed by atoms with E-state index in [0.29, 0.717) is 37.0 Å². The summed E-state index contributed by atoms with van der Waals surface area (Å²) in [5.41, 5.74) is 13.4. The highest BCUT2D eigenvalue weighted by molar-refractivity contribution is 6.32. The zero-order valence-corrected chi connectivity index (χ0v) is 82.5. The molecule has 4 aromatic rings. The molecule has 0 radical (unpaired) electrons. The van der Waals surface area contributed by atoms with Gasteiger partial charge in [-0.25, -0.2) is 9.59 Å². The van der Waals surface area contributed by atoms with Crippen molar-refractivity contribution >= 4 is 17.7 Å². The fourth-order valence-corrected chi connectivity index (χ4v) is 19.1. The summed E-state index contributed by atoms with van der Waals surface area (Å²) in [6, 6.07) is 19.0. The maximum Gasteiger partial charge on any atom is 0.374 e. The van der Waals surface area contributed by atoms with Crippen molar-refractivity contribution in [3.63, 3.8) is 0 Å². The summed E-state index contributed by atoms with van der Waals surface area (Å²) in [7, 11) is 0. The summed E-state index contributed by atoms with van der Waals surface area (Å²) >= 11 is 0. The Bertz CT molecular complexity index is 3080. The van der Waals surface area contributed by atoms with Crippen molar-refractivity contribution in [2.24, 2.45) is 0 Å². The summed E-state index contributed by atoms with van der Waals surface area (Å²) in [6.07, 6.45) is 89.2. The van der Waals surface area contributed by atoms with Crippen LogP contribution < -0.4 is 18.9 Å². The first-order valence-corrected chi connectivity index (χ1v) is 53.7. The smallest absolute Gasteiger partial charge is 0.374 e. The molecule has 8 bridgehead atoms. The van der Waals surface area contributed by atoms with E-state index in [2.05, 4.69) is 82.8 Å². The number of hydrogen-bond acceptors (Lipinski definition) is 11. The SMILES string of the molecule is C=C(C)C(=O)OCCOc1c2cc(CCCCCCCCCCCCCCCCCC)cc1Cc1cc(CCCCCCCCCCCCCCCCCC)cc(c1OCCO)Cc1cc(CCCCCCCCCCCCCCCCCC)cc(c1OCCOC(=O)C(C)=O)Cc1cc(CCCCCCCCCCCCCCCCCC)cc(c1OCCO)C2. The molecular weight excluding hydrogens is 1560 g/mol. The van der Waals surface area contributed by atoms with E-state index in [9.17, 15) is 24.6 Å². The predicted octanol–water partition coefficient (Wildman–Crippen LogP) is 32.3. The number of aliphatic hydroxyl groups is 2. The number of aryl methyl sites for hydroxylation is 4. The molecule has 0 saturated carbocycles. The zero-order valence-electron chi connectivity index (χ0n) is 82.5. The summed E-state index contributed by atoms with van der Waals surface area (Å²) in [5, 5.41) is 21.7. The van der Waals surface area contributed by atoms with Gasteiger partial charge in [0.2, 0.25) is 5.78 Å². The molecule has 0 spiro atoms. The number of rotatable bonds is 84. The van der Waals surface area contributed by atoms with Crippen LogP contribution in [0.2, 0.25) is 0 Å². The standard InChI is InChI=1S/C115H190O11/c1-8-12-16-20-24-28-32-36-40-44-48-52-56-60-64-68-72-98-84-102-92-106-88-100(74-70-66-62-58-54-50-46-42-38-34-30-26-22-18-14-10-3)89-107(112(106)123-80-82-125-114(119)96(5)6)93-103-85-99(73-69-65-61-57-53-49-45-41-37-33-29-25-21-17-13-9-2)87-105(111(103)122-79-77-117)95-109-91-101(75-71-67-63-59-55-51-47-43-39-35-31-27-23-19-15-11-4)90-108(94-104(86-98)110(102)121-78-76-116)113(109)124-81-83-126-115(120)97(7)118/h84-91,116-117H,5,8-83,92-95H2,1-4,6-7H3. The van der Waals surface area contributed by atoms with Crippen LogP contribution in [0.3, 0.4) is 0 Å². The number of Topliss-reactive ketones (excluding diaryl/α,β-unsaturated/α-hetero) is 1. The molecule has 0 heterocycles. The van der Waals surface area contributed by atoms with Crippen LogP contribution in [-0.2, 0) is 75.2 Å². The Kier molecular flexibility index (Phi) is 66.8. The van der Waals surface area contributed by atoms with Gasteiger partial charge in [0.25, 0.3) is 0 Å². The highest BCUT2D eigenvalue weighted by Crippen LogP contribution is 2.43. The Morgan fingerprint density at radius 1 is 0.238 bits per heavy atom. The first-order valence-electron chi connectivity index (χ1n) is 53.7. The zero-order chi connectivity index (χ0) is 90.0. The first-order chi connectivity index (χ1) is 61.9. The van der Waals surface area contributed by atoms with Crippen LogP contribution in [-0.4, -0.2) is 80.8 Å². The van der Waals surface area contributed by atoms with Gasteiger partial charge in [-0.3, -0.25) is 4.79 Å². The fourth-order valence-electron chi connectivity index (χ4n) is 19.1. The maximum atomic E-state index is 13.1. The molecule has 0 saturated heterocycles. The van der Waals surface area contributed by atoms with Gasteiger partial charge in [-0.05, 0) is 125 Å². The lowest BCUT2D eigenvalue weighted by molar-refractivity contribution is -0.153. The number of ketones is 1. The largest absolute Gasteiger partial charge is 0.491 e. The Morgan fingerprint density at radius 2 is 0.397 bits per heavy atom. The van der Waals surface area contributed by atoms with Crippen molar-refractivity contribution in [1.29, 1.82) is 0 Å². The molecule has 1 aliphatic carbocycles. The monoisotopic (exact) mass is 1750 g/mol. The van der Waals surface area contributed by atoms with Crippen LogP contribution in [0.15, 0.2) is 60.7 Å². The van der Waals surface area contributed by atoms with Crippen LogP contribution in [0, 0.1) is 0 Å². The van der Waals surface area contributed by atoms with E-state index in [-0.39, 0.29) is 52.9 Å². The Labute approximate surface area is 773 Å². The number of unbranched alkanes of at least 4 members (excludes halogenated alkanes) is 60. The number of carbonyl (C=O) groups excluding carboxylic acids is 3. The van der Waals surface area contributed by atoms with Gasteiger partial charge in [-0.2, -0.15) is 0 Å². The molecule has 126 heavy (non-hydrogen) atoms. The lowest BCUT2D eigenvalue weighted by Crippen LogP contribution is -2.18. The molecule has 0 aromatic heterocycles. The second-order valence-electron chi connectivity index (χ2n) is 38.3. The Morgan fingerprint density at radius 3 is 0.556 bits per heavy atom. The third-order valence-electron chi connectivity index (χ3n) is 26.4. The molecule has 11 nitrogen and oxygen atoms in total.